The standard InChI is InChI=1S/C18H18F6N2O2/c19-12-4-3-11(18(22,23)24)7-10(12)8-26-14(15(20)21)6-5-13(17(26)28)25-16(27)9-1-2-9/h3-4,7,9,13-15H,1-2,5-6,8H2,(H,25,27)/t13-,14+/m1/s1. The summed E-state index contributed by atoms with van der Waals surface area (Å²) in [5.74, 6) is -2.42. The van der Waals surface area contributed by atoms with Crippen LogP contribution in [0.4, 0.5) is 26.3 Å². The first-order valence-electron chi connectivity index (χ1n) is 8.82. The van der Waals surface area contributed by atoms with Crippen LogP contribution in [0.3, 0.4) is 0 Å². The van der Waals surface area contributed by atoms with Gasteiger partial charge in [0.1, 0.15) is 11.9 Å². The summed E-state index contributed by atoms with van der Waals surface area (Å²) in [6.45, 7) is -0.737. The average Bonchev–Trinajstić information content (AvgIpc) is 3.44. The van der Waals surface area contributed by atoms with Gasteiger partial charge in [-0.25, -0.2) is 13.2 Å². The number of likely N-dealkylation sites (tertiary alicyclic amines) is 1. The predicted molar refractivity (Wildman–Crippen MR) is 85.6 cm³/mol. The molecule has 0 radical (unpaired) electrons. The molecule has 1 aromatic rings. The first-order chi connectivity index (χ1) is 13.1. The van der Waals surface area contributed by atoms with E-state index in [0.29, 0.717) is 35.9 Å². The highest BCUT2D eigenvalue weighted by Crippen LogP contribution is 2.33. The number of nitrogens with one attached hydrogen (secondary N) is 1. The zero-order valence-corrected chi connectivity index (χ0v) is 14.6. The van der Waals surface area contributed by atoms with Crippen molar-refractivity contribution in [2.45, 2.75) is 56.9 Å². The Morgan fingerprint density at radius 3 is 2.43 bits per heavy atom. The number of hydrogen-bond acceptors (Lipinski definition) is 2. The fraction of sp³-hybridized carbons (Fsp3) is 0.556. The second-order valence-electron chi connectivity index (χ2n) is 7.08. The van der Waals surface area contributed by atoms with Gasteiger partial charge >= 0.3 is 6.18 Å². The second-order valence-corrected chi connectivity index (χ2v) is 7.08. The average molecular weight is 408 g/mol. The Labute approximate surface area is 156 Å². The number of piperidine rings is 1. The Bertz CT molecular complexity index is 763. The minimum atomic E-state index is -4.74. The number of hydrogen-bond donors (Lipinski definition) is 1. The molecule has 2 amide bonds. The van der Waals surface area contributed by atoms with Gasteiger partial charge in [-0.2, -0.15) is 13.2 Å². The fourth-order valence-corrected chi connectivity index (χ4v) is 3.26. The lowest BCUT2D eigenvalue weighted by atomic mass is 9.96. The van der Waals surface area contributed by atoms with Crippen molar-refractivity contribution in [2.75, 3.05) is 0 Å². The van der Waals surface area contributed by atoms with Crippen LogP contribution in [0.1, 0.15) is 36.8 Å². The van der Waals surface area contributed by atoms with Crippen molar-refractivity contribution in [1.29, 1.82) is 0 Å². The SMILES string of the molecule is O=C(N[C@@H]1CC[C@@H](C(F)F)N(Cc2cc(C(F)(F)F)ccc2F)C1=O)C1CC1. The van der Waals surface area contributed by atoms with E-state index in [1.54, 1.807) is 0 Å². The Hall–Kier alpha value is -2.26. The van der Waals surface area contributed by atoms with Crippen LogP contribution in [0, 0.1) is 11.7 Å². The molecule has 28 heavy (non-hydrogen) atoms. The molecule has 1 heterocycles. The third kappa shape index (κ3) is 4.41. The molecule has 2 aliphatic rings. The monoisotopic (exact) mass is 408 g/mol. The van der Waals surface area contributed by atoms with Crippen molar-refractivity contribution < 1.29 is 35.9 Å². The number of alkyl halides is 5. The van der Waals surface area contributed by atoms with E-state index in [4.69, 9.17) is 0 Å². The Morgan fingerprint density at radius 2 is 1.86 bits per heavy atom. The number of halogens is 6. The van der Waals surface area contributed by atoms with E-state index >= 15 is 0 Å². The highest BCUT2D eigenvalue weighted by atomic mass is 19.4. The van der Waals surface area contributed by atoms with Crippen LogP contribution < -0.4 is 5.32 Å². The van der Waals surface area contributed by atoms with Crippen molar-refractivity contribution in [1.82, 2.24) is 10.2 Å². The van der Waals surface area contributed by atoms with Crippen molar-refractivity contribution in [3.63, 3.8) is 0 Å². The van der Waals surface area contributed by atoms with Gasteiger partial charge in [0.2, 0.25) is 11.8 Å². The van der Waals surface area contributed by atoms with Crippen LogP contribution in [0.15, 0.2) is 18.2 Å². The number of amides is 2. The Kier molecular flexibility index (Phi) is 5.58. The first kappa shape index (κ1) is 20.5. The minimum Gasteiger partial charge on any atom is -0.344 e. The zero-order valence-electron chi connectivity index (χ0n) is 14.6. The van der Waals surface area contributed by atoms with Crippen LogP contribution >= 0.6 is 0 Å². The Balaban J connectivity index is 1.83. The third-order valence-corrected chi connectivity index (χ3v) is 5.00. The number of rotatable bonds is 5. The van der Waals surface area contributed by atoms with Gasteiger partial charge in [-0.05, 0) is 43.9 Å². The van der Waals surface area contributed by atoms with Gasteiger partial charge in [-0.1, -0.05) is 0 Å². The van der Waals surface area contributed by atoms with E-state index in [-0.39, 0.29) is 24.7 Å². The molecule has 0 bridgehead atoms. The van der Waals surface area contributed by atoms with Gasteiger partial charge in [0.25, 0.3) is 6.43 Å². The molecule has 4 nitrogen and oxygen atoms in total. The van der Waals surface area contributed by atoms with Gasteiger partial charge in [0, 0.05) is 18.0 Å². The summed E-state index contributed by atoms with van der Waals surface area (Å²) < 4.78 is 79.4. The largest absolute Gasteiger partial charge is 0.416 e. The summed E-state index contributed by atoms with van der Waals surface area (Å²) in [6, 6.07) is -0.957. The van der Waals surface area contributed by atoms with E-state index in [9.17, 15) is 35.9 Å². The molecule has 154 valence electrons. The van der Waals surface area contributed by atoms with Crippen molar-refractivity contribution in [3.8, 4) is 0 Å². The summed E-state index contributed by atoms with van der Waals surface area (Å²) in [5.41, 5.74) is -1.65. The van der Waals surface area contributed by atoms with Crippen molar-refractivity contribution in [3.05, 3.63) is 35.1 Å². The molecule has 0 spiro atoms. The maximum atomic E-state index is 14.0. The van der Waals surface area contributed by atoms with E-state index in [1.165, 1.54) is 0 Å². The van der Waals surface area contributed by atoms with E-state index in [1.807, 2.05) is 0 Å². The number of benzene rings is 1. The molecule has 0 unspecified atom stereocenters. The molecular weight excluding hydrogens is 390 g/mol. The number of carbonyl (C=O) groups excluding carboxylic acids is 2. The molecule has 1 aliphatic carbocycles. The molecule has 1 aliphatic heterocycles. The molecule has 1 saturated heterocycles. The first-order valence-corrected chi connectivity index (χ1v) is 8.82. The van der Waals surface area contributed by atoms with Gasteiger partial charge in [0.15, 0.2) is 0 Å². The second kappa shape index (κ2) is 7.63. The number of carbonyl (C=O) groups is 2. The summed E-state index contributed by atoms with van der Waals surface area (Å²) in [5, 5.41) is 2.51. The normalized spacial score (nSPS) is 23.2. The van der Waals surface area contributed by atoms with Crippen LogP contribution in [-0.2, 0) is 22.3 Å². The van der Waals surface area contributed by atoms with Crippen LogP contribution in [0.25, 0.3) is 0 Å². The minimum absolute atomic E-state index is 0.00608. The van der Waals surface area contributed by atoms with Crippen molar-refractivity contribution >= 4 is 11.8 Å². The predicted octanol–water partition coefficient (Wildman–Crippen LogP) is 3.50. The van der Waals surface area contributed by atoms with Crippen molar-refractivity contribution in [2.24, 2.45) is 5.92 Å². The lowest BCUT2D eigenvalue weighted by Gasteiger charge is -2.39. The molecule has 1 saturated carbocycles. The number of nitrogens with zero attached hydrogens (tertiary/aromatic N) is 1. The smallest absolute Gasteiger partial charge is 0.344 e. The summed E-state index contributed by atoms with van der Waals surface area (Å²) in [4.78, 5) is 25.2. The quantitative estimate of drug-likeness (QED) is 0.759. The van der Waals surface area contributed by atoms with E-state index in [2.05, 4.69) is 5.32 Å². The highest BCUT2D eigenvalue weighted by molar-refractivity contribution is 5.90. The molecule has 1 N–H and O–H groups in total. The molecule has 2 fully saturated rings. The Morgan fingerprint density at radius 1 is 1.18 bits per heavy atom. The van der Waals surface area contributed by atoms with Crippen LogP contribution in [0.2, 0.25) is 0 Å². The molecular formula is C18H18F6N2O2. The fourth-order valence-electron chi connectivity index (χ4n) is 3.26. The van der Waals surface area contributed by atoms with Crippen LogP contribution in [0.5, 0.6) is 0 Å². The molecule has 10 heteroatoms. The molecule has 1 aromatic carbocycles. The lowest BCUT2D eigenvalue weighted by Crippen LogP contribution is -2.57. The third-order valence-electron chi connectivity index (χ3n) is 5.00. The van der Waals surface area contributed by atoms with E-state index < -0.39 is 54.1 Å². The maximum absolute atomic E-state index is 14.0. The van der Waals surface area contributed by atoms with E-state index in [0.717, 1.165) is 0 Å². The summed E-state index contributed by atoms with van der Waals surface area (Å²) in [6.07, 6.45) is -6.47. The van der Waals surface area contributed by atoms with Crippen LogP contribution in [-0.4, -0.2) is 35.2 Å². The van der Waals surface area contributed by atoms with Gasteiger partial charge in [0.05, 0.1) is 11.6 Å². The molecule has 2 atom stereocenters. The lowest BCUT2D eigenvalue weighted by molar-refractivity contribution is -0.147. The van der Waals surface area contributed by atoms with Gasteiger partial charge < -0.3 is 10.2 Å². The topological polar surface area (TPSA) is 49.4 Å². The zero-order chi connectivity index (χ0) is 20.6. The molecule has 3 rings (SSSR count). The van der Waals surface area contributed by atoms with Gasteiger partial charge in [-0.15, -0.1) is 0 Å². The summed E-state index contributed by atoms with van der Waals surface area (Å²) in [7, 11) is 0. The van der Waals surface area contributed by atoms with Gasteiger partial charge in [-0.3, -0.25) is 9.59 Å². The molecule has 0 aromatic heterocycles. The summed E-state index contributed by atoms with van der Waals surface area (Å²) >= 11 is 0. The maximum Gasteiger partial charge on any atom is 0.416 e. The highest BCUT2D eigenvalue weighted by Gasteiger charge is 2.42.